The minimum Gasteiger partial charge on any atom is -0.377 e. The van der Waals surface area contributed by atoms with Gasteiger partial charge in [-0.05, 0) is 38.5 Å². The molecule has 4 heteroatoms. The first-order valence-corrected chi connectivity index (χ1v) is 8.62. The molecule has 4 nitrogen and oxygen atoms in total. The number of amides is 1. The number of nitrogens with zero attached hydrogens (tertiary/aromatic N) is 1. The van der Waals surface area contributed by atoms with Crippen molar-refractivity contribution in [1.82, 2.24) is 4.90 Å². The van der Waals surface area contributed by atoms with E-state index in [0.29, 0.717) is 5.92 Å². The molecule has 0 aromatic heterocycles. The minimum absolute atomic E-state index is 0.155. The van der Waals surface area contributed by atoms with Gasteiger partial charge in [0.1, 0.15) is 5.54 Å². The molecule has 3 fully saturated rings. The molecule has 2 aliphatic carbocycles. The van der Waals surface area contributed by atoms with Crippen LogP contribution in [-0.2, 0) is 9.53 Å². The summed E-state index contributed by atoms with van der Waals surface area (Å²) in [5, 5.41) is 0. The molecule has 0 aromatic carbocycles. The van der Waals surface area contributed by atoms with E-state index in [1.165, 1.54) is 19.3 Å². The van der Waals surface area contributed by atoms with Gasteiger partial charge in [-0.15, -0.1) is 0 Å². The van der Waals surface area contributed by atoms with Crippen molar-refractivity contribution in [3.8, 4) is 0 Å². The molecular weight excluding hydrogens is 264 g/mol. The van der Waals surface area contributed by atoms with Crippen molar-refractivity contribution in [2.24, 2.45) is 23.0 Å². The molecule has 1 heterocycles. The second kappa shape index (κ2) is 5.24. The Morgan fingerprint density at radius 1 is 1.29 bits per heavy atom. The van der Waals surface area contributed by atoms with Crippen LogP contribution >= 0.6 is 0 Å². The van der Waals surface area contributed by atoms with Crippen LogP contribution in [0.2, 0.25) is 0 Å². The van der Waals surface area contributed by atoms with Gasteiger partial charge >= 0.3 is 0 Å². The molecule has 2 N–H and O–H groups in total. The SMILES string of the molecule is CCN(CC1CCC1)C(=O)C1(N)C2CCCOC2C1(C)C. The minimum atomic E-state index is -0.738. The maximum atomic E-state index is 13.2. The molecule has 3 rings (SSSR count). The van der Waals surface area contributed by atoms with Gasteiger partial charge in [-0.2, -0.15) is 0 Å². The zero-order valence-corrected chi connectivity index (χ0v) is 13.7. The summed E-state index contributed by atoms with van der Waals surface area (Å²) < 4.78 is 5.91. The van der Waals surface area contributed by atoms with Gasteiger partial charge in [0, 0.05) is 31.0 Å². The van der Waals surface area contributed by atoms with Gasteiger partial charge in [0.05, 0.1) is 6.10 Å². The number of hydrogen-bond donors (Lipinski definition) is 1. The van der Waals surface area contributed by atoms with Crippen LogP contribution in [-0.4, -0.2) is 42.1 Å². The number of likely N-dealkylation sites (N-methyl/N-ethyl adjacent to an activating group) is 1. The van der Waals surface area contributed by atoms with Crippen LogP contribution < -0.4 is 5.73 Å². The lowest BCUT2D eigenvalue weighted by Crippen LogP contribution is -2.82. The molecule has 2 saturated carbocycles. The fourth-order valence-corrected chi connectivity index (χ4v) is 4.61. The van der Waals surface area contributed by atoms with E-state index >= 15 is 0 Å². The predicted octanol–water partition coefficient (Wildman–Crippen LogP) is 2.17. The van der Waals surface area contributed by atoms with Crippen LogP contribution in [0.3, 0.4) is 0 Å². The highest BCUT2D eigenvalue weighted by atomic mass is 16.5. The molecule has 0 radical (unpaired) electrons. The lowest BCUT2D eigenvalue weighted by atomic mass is 9.46. The third-order valence-electron chi connectivity index (χ3n) is 6.41. The van der Waals surface area contributed by atoms with Crippen molar-refractivity contribution in [2.75, 3.05) is 19.7 Å². The lowest BCUT2D eigenvalue weighted by Gasteiger charge is -2.65. The number of carbonyl (C=O) groups is 1. The van der Waals surface area contributed by atoms with E-state index in [1.54, 1.807) is 0 Å². The highest BCUT2D eigenvalue weighted by Crippen LogP contribution is 2.58. The smallest absolute Gasteiger partial charge is 0.243 e. The summed E-state index contributed by atoms with van der Waals surface area (Å²) in [6, 6.07) is 0. The lowest BCUT2D eigenvalue weighted by molar-refractivity contribution is -0.230. The van der Waals surface area contributed by atoms with Gasteiger partial charge in [0.25, 0.3) is 0 Å². The second-order valence-electron chi connectivity index (χ2n) is 7.77. The van der Waals surface area contributed by atoms with Crippen LogP contribution in [0, 0.1) is 17.3 Å². The van der Waals surface area contributed by atoms with Gasteiger partial charge in [-0.3, -0.25) is 4.79 Å². The molecule has 1 amide bonds. The van der Waals surface area contributed by atoms with Crippen molar-refractivity contribution in [3.05, 3.63) is 0 Å². The Labute approximate surface area is 128 Å². The largest absolute Gasteiger partial charge is 0.377 e. The number of nitrogens with two attached hydrogens (primary N) is 1. The van der Waals surface area contributed by atoms with Crippen molar-refractivity contribution in [3.63, 3.8) is 0 Å². The zero-order valence-electron chi connectivity index (χ0n) is 13.7. The third kappa shape index (κ3) is 2.06. The molecule has 3 unspecified atom stereocenters. The second-order valence-corrected chi connectivity index (χ2v) is 7.77. The molecule has 120 valence electrons. The standard InChI is InChI=1S/C17H30N2O2/c1-4-19(11-12-7-5-8-12)15(20)17(18)13-9-6-10-21-14(13)16(17,2)3/h12-14H,4-11,18H2,1-3H3. The van der Waals surface area contributed by atoms with E-state index in [2.05, 4.69) is 20.8 Å². The summed E-state index contributed by atoms with van der Waals surface area (Å²) in [6.07, 6.45) is 6.05. The Hall–Kier alpha value is -0.610. The fraction of sp³-hybridized carbons (Fsp3) is 0.941. The normalized spacial score (nSPS) is 38.1. The highest BCUT2D eigenvalue weighted by Gasteiger charge is 2.70. The van der Waals surface area contributed by atoms with E-state index < -0.39 is 5.54 Å². The first-order valence-electron chi connectivity index (χ1n) is 8.62. The number of rotatable bonds is 4. The monoisotopic (exact) mass is 294 g/mol. The van der Waals surface area contributed by atoms with Gasteiger partial charge in [0.15, 0.2) is 0 Å². The Morgan fingerprint density at radius 2 is 2.00 bits per heavy atom. The maximum Gasteiger partial charge on any atom is 0.243 e. The molecule has 21 heavy (non-hydrogen) atoms. The average molecular weight is 294 g/mol. The topological polar surface area (TPSA) is 55.6 Å². The van der Waals surface area contributed by atoms with Crippen LogP contribution in [0.5, 0.6) is 0 Å². The van der Waals surface area contributed by atoms with E-state index in [9.17, 15) is 4.79 Å². The average Bonchev–Trinajstić information content (AvgIpc) is 2.45. The predicted molar refractivity (Wildman–Crippen MR) is 82.8 cm³/mol. The molecule has 0 aromatic rings. The summed E-state index contributed by atoms with van der Waals surface area (Å²) in [4.78, 5) is 15.2. The van der Waals surface area contributed by atoms with E-state index in [4.69, 9.17) is 10.5 Å². The maximum absolute atomic E-state index is 13.2. The summed E-state index contributed by atoms with van der Waals surface area (Å²) in [5.41, 5.74) is 5.72. The van der Waals surface area contributed by atoms with Gasteiger partial charge in [-0.25, -0.2) is 0 Å². The quantitative estimate of drug-likeness (QED) is 0.864. The molecule has 3 aliphatic rings. The number of ether oxygens (including phenoxy) is 1. The molecule has 0 spiro atoms. The Morgan fingerprint density at radius 3 is 2.57 bits per heavy atom. The van der Waals surface area contributed by atoms with Crippen molar-refractivity contribution in [1.29, 1.82) is 0 Å². The van der Waals surface area contributed by atoms with Gasteiger partial charge in [-0.1, -0.05) is 20.3 Å². The van der Waals surface area contributed by atoms with E-state index in [-0.39, 0.29) is 23.3 Å². The highest BCUT2D eigenvalue weighted by molar-refractivity contribution is 5.89. The first-order chi connectivity index (χ1) is 9.92. The molecular formula is C17H30N2O2. The first kappa shape index (κ1) is 15.3. The molecule has 0 bridgehead atoms. The van der Waals surface area contributed by atoms with E-state index in [1.807, 2.05) is 4.90 Å². The Kier molecular flexibility index (Phi) is 3.81. The van der Waals surface area contributed by atoms with E-state index in [0.717, 1.165) is 32.5 Å². The van der Waals surface area contributed by atoms with Crippen molar-refractivity contribution >= 4 is 5.91 Å². The van der Waals surface area contributed by atoms with Crippen molar-refractivity contribution < 1.29 is 9.53 Å². The summed E-state index contributed by atoms with van der Waals surface area (Å²) in [7, 11) is 0. The van der Waals surface area contributed by atoms with Gasteiger partial charge < -0.3 is 15.4 Å². The third-order valence-corrected chi connectivity index (χ3v) is 6.41. The molecule has 1 aliphatic heterocycles. The molecule has 3 atom stereocenters. The van der Waals surface area contributed by atoms with Crippen LogP contribution in [0.25, 0.3) is 0 Å². The summed E-state index contributed by atoms with van der Waals surface area (Å²) >= 11 is 0. The van der Waals surface area contributed by atoms with Crippen LogP contribution in [0.4, 0.5) is 0 Å². The Balaban J connectivity index is 1.77. The van der Waals surface area contributed by atoms with Crippen LogP contribution in [0.15, 0.2) is 0 Å². The van der Waals surface area contributed by atoms with Gasteiger partial charge in [0.2, 0.25) is 5.91 Å². The summed E-state index contributed by atoms with van der Waals surface area (Å²) in [5.74, 6) is 1.05. The van der Waals surface area contributed by atoms with Crippen molar-refractivity contribution in [2.45, 2.75) is 64.5 Å². The summed E-state index contributed by atoms with van der Waals surface area (Å²) in [6.45, 7) is 8.75. The number of hydrogen-bond acceptors (Lipinski definition) is 3. The Bertz CT molecular complexity index is 419. The number of carbonyl (C=O) groups excluding carboxylic acids is 1. The number of fused-ring (bicyclic) bond motifs is 1. The zero-order chi connectivity index (χ0) is 15.3. The van der Waals surface area contributed by atoms with Crippen LogP contribution in [0.1, 0.15) is 52.9 Å². The molecule has 1 saturated heterocycles. The fourth-order valence-electron chi connectivity index (χ4n) is 4.61.